The number of ether oxygens (including phenoxy) is 1. The molecule has 0 saturated carbocycles. The minimum Gasteiger partial charge on any atom is -0.383 e. The second-order valence-corrected chi connectivity index (χ2v) is 7.94. The van der Waals surface area contributed by atoms with Crippen molar-refractivity contribution in [1.29, 1.82) is 0 Å². The number of hydrogen-bond donors (Lipinski definition) is 0. The number of nitrogens with zero attached hydrogens (tertiary/aromatic N) is 3. The van der Waals surface area contributed by atoms with Crippen LogP contribution in [-0.2, 0) is 14.3 Å². The topological polar surface area (TPSA) is 62.2 Å². The molecule has 2 aromatic carbocycles. The summed E-state index contributed by atoms with van der Waals surface area (Å²) in [7, 11) is 1.52. The number of hydrazone groups is 1. The highest BCUT2D eigenvalue weighted by atomic mass is 19.1. The van der Waals surface area contributed by atoms with Crippen molar-refractivity contribution in [3.05, 3.63) is 71.3 Å². The van der Waals surface area contributed by atoms with E-state index in [-0.39, 0.29) is 37.9 Å². The van der Waals surface area contributed by atoms with Gasteiger partial charge in [0.1, 0.15) is 18.2 Å². The molecular formula is C24H27F2N3O3. The smallest absolute Gasteiger partial charge is 0.262 e. The third-order valence-corrected chi connectivity index (χ3v) is 5.30. The molecule has 0 aromatic heterocycles. The maximum atomic E-state index is 14.4. The van der Waals surface area contributed by atoms with Gasteiger partial charge in [-0.25, -0.2) is 13.8 Å². The molecule has 0 saturated heterocycles. The average molecular weight is 443 g/mol. The third kappa shape index (κ3) is 5.37. The maximum absolute atomic E-state index is 14.4. The van der Waals surface area contributed by atoms with Crippen molar-refractivity contribution in [3.63, 3.8) is 0 Å². The van der Waals surface area contributed by atoms with Gasteiger partial charge in [-0.05, 0) is 23.8 Å². The molecule has 2 amide bonds. The summed E-state index contributed by atoms with van der Waals surface area (Å²) in [4.78, 5) is 27.3. The van der Waals surface area contributed by atoms with Crippen molar-refractivity contribution in [2.45, 2.75) is 26.3 Å². The standard InChI is InChI=1S/C24H27F2N3O3/c1-16(2)24(31)28(12-13-32-3)15-23(30)29-22(17-8-10-18(25)11-9-17)14-21(27-29)19-6-4-5-7-20(19)26/h4-11,16,22H,12-15H2,1-3H3/t22-/m0/s1. The van der Waals surface area contributed by atoms with Crippen LogP contribution < -0.4 is 0 Å². The van der Waals surface area contributed by atoms with E-state index in [1.54, 1.807) is 44.2 Å². The van der Waals surface area contributed by atoms with Crippen molar-refractivity contribution in [3.8, 4) is 0 Å². The molecule has 1 heterocycles. The first-order chi connectivity index (χ1) is 15.3. The summed E-state index contributed by atoms with van der Waals surface area (Å²) < 4.78 is 32.9. The number of halogens is 2. The van der Waals surface area contributed by atoms with Gasteiger partial charge in [0.2, 0.25) is 5.91 Å². The van der Waals surface area contributed by atoms with E-state index in [2.05, 4.69) is 5.10 Å². The van der Waals surface area contributed by atoms with Crippen LogP contribution in [0.4, 0.5) is 8.78 Å². The van der Waals surface area contributed by atoms with Gasteiger partial charge in [-0.2, -0.15) is 5.10 Å². The van der Waals surface area contributed by atoms with Gasteiger partial charge in [0, 0.05) is 31.6 Å². The second kappa shape index (κ2) is 10.5. The molecular weight excluding hydrogens is 416 g/mol. The fourth-order valence-corrected chi connectivity index (χ4v) is 3.61. The van der Waals surface area contributed by atoms with E-state index in [4.69, 9.17) is 4.74 Å². The Morgan fingerprint density at radius 3 is 2.47 bits per heavy atom. The molecule has 1 aliphatic rings. The van der Waals surface area contributed by atoms with E-state index in [9.17, 15) is 18.4 Å². The minimum atomic E-state index is -0.531. The van der Waals surface area contributed by atoms with Crippen molar-refractivity contribution in [2.75, 3.05) is 26.8 Å². The molecule has 0 unspecified atom stereocenters. The van der Waals surface area contributed by atoms with Crippen LogP contribution >= 0.6 is 0 Å². The Morgan fingerprint density at radius 2 is 1.84 bits per heavy atom. The summed E-state index contributed by atoms with van der Waals surface area (Å²) in [5.41, 5.74) is 1.40. The number of methoxy groups -OCH3 is 1. The van der Waals surface area contributed by atoms with Gasteiger partial charge < -0.3 is 9.64 Å². The minimum absolute atomic E-state index is 0.175. The number of hydrogen-bond acceptors (Lipinski definition) is 4. The predicted molar refractivity (Wildman–Crippen MR) is 117 cm³/mol. The van der Waals surface area contributed by atoms with Crippen LogP contribution in [-0.4, -0.2) is 54.2 Å². The summed E-state index contributed by atoms with van der Waals surface area (Å²) in [6.45, 7) is 3.89. The van der Waals surface area contributed by atoms with E-state index < -0.39 is 23.6 Å². The Bertz CT molecular complexity index is 992. The summed E-state index contributed by atoms with van der Waals surface area (Å²) in [5, 5.41) is 5.71. The predicted octanol–water partition coefficient (Wildman–Crippen LogP) is 3.77. The van der Waals surface area contributed by atoms with Gasteiger partial charge in [-0.1, -0.05) is 44.2 Å². The Morgan fingerprint density at radius 1 is 1.16 bits per heavy atom. The van der Waals surface area contributed by atoms with Crippen molar-refractivity contribution in [1.82, 2.24) is 9.91 Å². The number of rotatable bonds is 8. The van der Waals surface area contributed by atoms with E-state index in [0.717, 1.165) is 0 Å². The lowest BCUT2D eigenvalue weighted by molar-refractivity contribution is -0.143. The van der Waals surface area contributed by atoms with Crippen LogP contribution in [0.3, 0.4) is 0 Å². The molecule has 1 atom stereocenters. The fraction of sp³-hybridized carbons (Fsp3) is 0.375. The molecule has 0 bridgehead atoms. The molecule has 1 aliphatic heterocycles. The highest BCUT2D eigenvalue weighted by molar-refractivity contribution is 6.03. The van der Waals surface area contributed by atoms with Gasteiger partial charge in [0.15, 0.2) is 0 Å². The van der Waals surface area contributed by atoms with Gasteiger partial charge in [0.05, 0.1) is 18.4 Å². The molecule has 170 valence electrons. The summed E-state index contributed by atoms with van der Waals surface area (Å²) in [6, 6.07) is 11.5. The highest BCUT2D eigenvalue weighted by Crippen LogP contribution is 2.33. The molecule has 2 aromatic rings. The van der Waals surface area contributed by atoms with E-state index >= 15 is 0 Å². The van der Waals surface area contributed by atoms with E-state index in [0.29, 0.717) is 16.8 Å². The number of amides is 2. The molecule has 0 radical (unpaired) electrons. The Labute approximate surface area is 186 Å². The second-order valence-electron chi connectivity index (χ2n) is 7.94. The zero-order chi connectivity index (χ0) is 23.3. The molecule has 0 spiro atoms. The van der Waals surface area contributed by atoms with Crippen LogP contribution in [0.2, 0.25) is 0 Å². The fourth-order valence-electron chi connectivity index (χ4n) is 3.61. The third-order valence-electron chi connectivity index (χ3n) is 5.30. The highest BCUT2D eigenvalue weighted by Gasteiger charge is 2.35. The Kier molecular flexibility index (Phi) is 7.69. The first-order valence-corrected chi connectivity index (χ1v) is 10.5. The monoisotopic (exact) mass is 443 g/mol. The molecule has 0 fully saturated rings. The summed E-state index contributed by atoms with van der Waals surface area (Å²) >= 11 is 0. The molecule has 32 heavy (non-hydrogen) atoms. The first-order valence-electron chi connectivity index (χ1n) is 10.5. The Hall–Kier alpha value is -3.13. The number of carbonyl (C=O) groups is 2. The number of carbonyl (C=O) groups excluding carboxylic acids is 2. The largest absolute Gasteiger partial charge is 0.383 e. The lowest BCUT2D eigenvalue weighted by Gasteiger charge is -2.28. The van der Waals surface area contributed by atoms with Gasteiger partial charge in [-0.3, -0.25) is 9.59 Å². The van der Waals surface area contributed by atoms with Crippen molar-refractivity contribution < 1.29 is 23.1 Å². The quantitative estimate of drug-likeness (QED) is 0.624. The van der Waals surface area contributed by atoms with Crippen LogP contribution in [0.25, 0.3) is 0 Å². The zero-order valence-electron chi connectivity index (χ0n) is 18.4. The lowest BCUT2D eigenvalue weighted by atomic mass is 9.98. The first kappa shape index (κ1) is 23.5. The number of benzene rings is 2. The van der Waals surface area contributed by atoms with Crippen molar-refractivity contribution in [2.24, 2.45) is 11.0 Å². The molecule has 6 nitrogen and oxygen atoms in total. The van der Waals surface area contributed by atoms with Gasteiger partial charge >= 0.3 is 0 Å². The SMILES string of the molecule is COCCN(CC(=O)N1N=C(c2ccccc2F)C[C@H]1c1ccc(F)cc1)C(=O)C(C)C. The molecule has 3 rings (SSSR count). The Balaban J connectivity index is 1.91. The molecule has 8 heteroatoms. The van der Waals surface area contributed by atoms with E-state index in [1.165, 1.54) is 35.2 Å². The average Bonchev–Trinajstić information content (AvgIpc) is 3.22. The van der Waals surface area contributed by atoms with E-state index in [1.807, 2.05) is 0 Å². The van der Waals surface area contributed by atoms with Gasteiger partial charge in [-0.15, -0.1) is 0 Å². The zero-order valence-corrected chi connectivity index (χ0v) is 18.4. The van der Waals surface area contributed by atoms with Crippen molar-refractivity contribution >= 4 is 17.5 Å². The lowest BCUT2D eigenvalue weighted by Crippen LogP contribution is -2.44. The maximum Gasteiger partial charge on any atom is 0.262 e. The van der Waals surface area contributed by atoms with Gasteiger partial charge in [0.25, 0.3) is 5.91 Å². The molecule has 0 N–H and O–H groups in total. The molecule has 0 aliphatic carbocycles. The van der Waals surface area contributed by atoms with Crippen LogP contribution in [0.15, 0.2) is 53.6 Å². The summed E-state index contributed by atoms with van der Waals surface area (Å²) in [6.07, 6.45) is 0.272. The summed E-state index contributed by atoms with van der Waals surface area (Å²) in [5.74, 6) is -1.70. The van der Waals surface area contributed by atoms with Crippen LogP contribution in [0, 0.1) is 17.6 Å². The van der Waals surface area contributed by atoms with Crippen LogP contribution in [0.1, 0.15) is 37.4 Å². The normalized spacial score (nSPS) is 15.8. The van der Waals surface area contributed by atoms with Crippen LogP contribution in [0.5, 0.6) is 0 Å².